The second-order valence-electron chi connectivity index (χ2n) is 7.18. The van der Waals surface area contributed by atoms with E-state index in [9.17, 15) is 0 Å². The van der Waals surface area contributed by atoms with Gasteiger partial charge in [0.25, 0.3) is 0 Å². The SMILES string of the molecule is COc1ccccc1-c1cccn2nc(Nc3ccc4c(c3)CCNCC4)nc12. The minimum Gasteiger partial charge on any atom is -0.496 e. The molecule has 1 aliphatic heterocycles. The summed E-state index contributed by atoms with van der Waals surface area (Å²) in [4.78, 5) is 4.76. The zero-order valence-electron chi connectivity index (χ0n) is 16.4. The molecule has 4 aromatic rings. The number of anilines is 2. The molecule has 5 rings (SSSR count). The van der Waals surface area contributed by atoms with E-state index < -0.39 is 0 Å². The zero-order chi connectivity index (χ0) is 19.6. The second-order valence-corrected chi connectivity index (χ2v) is 7.18. The van der Waals surface area contributed by atoms with E-state index in [-0.39, 0.29) is 0 Å². The van der Waals surface area contributed by atoms with Crippen molar-refractivity contribution in [1.82, 2.24) is 19.9 Å². The highest BCUT2D eigenvalue weighted by Gasteiger charge is 2.14. The Morgan fingerprint density at radius 2 is 1.79 bits per heavy atom. The van der Waals surface area contributed by atoms with Gasteiger partial charge in [-0.1, -0.05) is 24.3 Å². The third-order valence-electron chi connectivity index (χ3n) is 5.36. The lowest BCUT2D eigenvalue weighted by atomic mass is 10.0. The summed E-state index contributed by atoms with van der Waals surface area (Å²) in [5, 5.41) is 11.5. The quantitative estimate of drug-likeness (QED) is 0.559. The van der Waals surface area contributed by atoms with Crippen LogP contribution in [0.1, 0.15) is 11.1 Å². The van der Waals surface area contributed by atoms with E-state index in [1.54, 1.807) is 11.6 Å². The zero-order valence-corrected chi connectivity index (χ0v) is 16.4. The van der Waals surface area contributed by atoms with Crippen LogP contribution >= 0.6 is 0 Å². The highest BCUT2D eigenvalue weighted by Crippen LogP contribution is 2.32. The molecule has 0 atom stereocenters. The van der Waals surface area contributed by atoms with E-state index >= 15 is 0 Å². The summed E-state index contributed by atoms with van der Waals surface area (Å²) in [7, 11) is 1.68. The van der Waals surface area contributed by atoms with Gasteiger partial charge in [-0.15, -0.1) is 5.10 Å². The molecule has 6 heteroatoms. The Morgan fingerprint density at radius 1 is 0.966 bits per heavy atom. The smallest absolute Gasteiger partial charge is 0.247 e. The van der Waals surface area contributed by atoms with Gasteiger partial charge in [-0.05, 0) is 67.4 Å². The van der Waals surface area contributed by atoms with Crippen LogP contribution in [0.25, 0.3) is 16.8 Å². The van der Waals surface area contributed by atoms with Crippen molar-refractivity contribution < 1.29 is 4.74 Å². The van der Waals surface area contributed by atoms with Crippen molar-refractivity contribution in [3.8, 4) is 16.9 Å². The number of hydrogen-bond donors (Lipinski definition) is 2. The topological polar surface area (TPSA) is 63.5 Å². The van der Waals surface area contributed by atoms with Crippen molar-refractivity contribution in [2.75, 3.05) is 25.5 Å². The Labute approximate surface area is 169 Å². The van der Waals surface area contributed by atoms with Crippen molar-refractivity contribution in [2.45, 2.75) is 12.8 Å². The van der Waals surface area contributed by atoms with Gasteiger partial charge in [-0.25, -0.2) is 4.52 Å². The molecule has 0 radical (unpaired) electrons. The average Bonchev–Trinajstić information content (AvgIpc) is 3.02. The van der Waals surface area contributed by atoms with Crippen molar-refractivity contribution in [3.63, 3.8) is 0 Å². The molecule has 0 spiro atoms. The Morgan fingerprint density at radius 3 is 2.69 bits per heavy atom. The number of methoxy groups -OCH3 is 1. The van der Waals surface area contributed by atoms with Crippen molar-refractivity contribution in [1.29, 1.82) is 0 Å². The molecule has 0 saturated carbocycles. The van der Waals surface area contributed by atoms with Crippen LogP contribution < -0.4 is 15.4 Å². The number of ether oxygens (including phenoxy) is 1. The van der Waals surface area contributed by atoms with Gasteiger partial charge in [0.15, 0.2) is 5.65 Å². The number of pyridine rings is 1. The van der Waals surface area contributed by atoms with Crippen molar-refractivity contribution in [3.05, 3.63) is 71.9 Å². The van der Waals surface area contributed by atoms with Crippen LogP contribution in [0.5, 0.6) is 5.75 Å². The molecule has 0 saturated heterocycles. The molecule has 0 aliphatic carbocycles. The van der Waals surface area contributed by atoms with Crippen molar-refractivity contribution >= 4 is 17.3 Å². The minimum absolute atomic E-state index is 0.582. The van der Waals surface area contributed by atoms with Crippen LogP contribution in [0, 0.1) is 0 Å². The Kier molecular flexibility index (Phi) is 4.62. The number of aromatic nitrogens is 3. The molecule has 1 aliphatic rings. The maximum absolute atomic E-state index is 5.54. The lowest BCUT2D eigenvalue weighted by Crippen LogP contribution is -2.16. The Balaban J connectivity index is 1.50. The molecular weight excluding hydrogens is 362 g/mol. The second kappa shape index (κ2) is 7.56. The summed E-state index contributed by atoms with van der Waals surface area (Å²) in [5.41, 5.74) is 6.59. The summed E-state index contributed by atoms with van der Waals surface area (Å²) < 4.78 is 7.34. The van der Waals surface area contributed by atoms with Crippen LogP contribution in [-0.4, -0.2) is 34.8 Å². The minimum atomic E-state index is 0.582. The van der Waals surface area contributed by atoms with E-state index in [1.165, 1.54) is 11.1 Å². The first-order chi connectivity index (χ1) is 14.3. The van der Waals surface area contributed by atoms with E-state index in [4.69, 9.17) is 9.72 Å². The fraction of sp³-hybridized carbons (Fsp3) is 0.217. The summed E-state index contributed by atoms with van der Waals surface area (Å²) in [6, 6.07) is 18.5. The third kappa shape index (κ3) is 3.43. The molecule has 3 heterocycles. The van der Waals surface area contributed by atoms with Crippen LogP contribution in [-0.2, 0) is 12.8 Å². The summed E-state index contributed by atoms with van der Waals surface area (Å²) in [6.45, 7) is 2.06. The van der Waals surface area contributed by atoms with E-state index in [2.05, 4.69) is 33.9 Å². The molecule has 6 nitrogen and oxygen atoms in total. The van der Waals surface area contributed by atoms with Gasteiger partial charge in [-0.2, -0.15) is 4.98 Å². The molecule has 146 valence electrons. The first-order valence-corrected chi connectivity index (χ1v) is 9.90. The largest absolute Gasteiger partial charge is 0.496 e. The first-order valence-electron chi connectivity index (χ1n) is 9.90. The lowest BCUT2D eigenvalue weighted by molar-refractivity contribution is 0.416. The van der Waals surface area contributed by atoms with Gasteiger partial charge < -0.3 is 15.4 Å². The fourth-order valence-electron chi connectivity index (χ4n) is 3.92. The van der Waals surface area contributed by atoms with Crippen LogP contribution in [0.2, 0.25) is 0 Å². The number of benzene rings is 2. The van der Waals surface area contributed by atoms with E-state index in [1.807, 2.05) is 42.6 Å². The highest BCUT2D eigenvalue weighted by molar-refractivity contribution is 5.82. The maximum Gasteiger partial charge on any atom is 0.247 e. The predicted octanol–water partition coefficient (Wildman–Crippen LogP) is 3.84. The summed E-state index contributed by atoms with van der Waals surface area (Å²) >= 11 is 0. The highest BCUT2D eigenvalue weighted by atomic mass is 16.5. The Hall–Kier alpha value is -3.38. The number of nitrogens with zero attached hydrogens (tertiary/aromatic N) is 3. The van der Waals surface area contributed by atoms with Crippen LogP contribution in [0.3, 0.4) is 0 Å². The molecule has 2 aromatic heterocycles. The first kappa shape index (κ1) is 17.7. The molecular formula is C23H23N5O. The number of hydrogen-bond acceptors (Lipinski definition) is 5. The molecule has 0 fully saturated rings. The number of rotatable bonds is 4. The maximum atomic E-state index is 5.54. The van der Waals surface area contributed by atoms with Gasteiger partial charge >= 0.3 is 0 Å². The molecule has 2 N–H and O–H groups in total. The summed E-state index contributed by atoms with van der Waals surface area (Å²) in [6.07, 6.45) is 4.03. The molecule has 0 bridgehead atoms. The molecule has 0 unspecified atom stereocenters. The predicted molar refractivity (Wildman–Crippen MR) is 115 cm³/mol. The van der Waals surface area contributed by atoms with E-state index in [0.717, 1.165) is 54.1 Å². The van der Waals surface area contributed by atoms with Gasteiger partial charge in [0, 0.05) is 23.0 Å². The third-order valence-corrected chi connectivity index (χ3v) is 5.36. The lowest BCUT2D eigenvalue weighted by Gasteiger charge is -2.08. The van der Waals surface area contributed by atoms with Gasteiger partial charge in [0.1, 0.15) is 5.75 Å². The normalized spacial score (nSPS) is 13.7. The Bertz CT molecular complexity index is 1170. The average molecular weight is 385 g/mol. The summed E-state index contributed by atoms with van der Waals surface area (Å²) in [5.74, 6) is 1.40. The standard InChI is InChI=1S/C23H23N5O/c1-29-21-7-3-2-5-19(21)20-6-4-14-28-22(20)26-23(27-28)25-18-9-8-16-10-12-24-13-11-17(16)15-18/h2-9,14-15,24H,10-13H2,1H3,(H,25,27). The number of nitrogens with one attached hydrogen (secondary N) is 2. The van der Waals surface area contributed by atoms with Crippen molar-refractivity contribution in [2.24, 2.45) is 0 Å². The number of fused-ring (bicyclic) bond motifs is 2. The molecule has 29 heavy (non-hydrogen) atoms. The van der Waals surface area contributed by atoms with Gasteiger partial charge in [0.05, 0.1) is 7.11 Å². The molecule has 0 amide bonds. The van der Waals surface area contributed by atoms with Crippen LogP contribution in [0.15, 0.2) is 60.8 Å². The van der Waals surface area contributed by atoms with Gasteiger partial charge in [0.2, 0.25) is 5.95 Å². The fourth-order valence-corrected chi connectivity index (χ4v) is 3.92. The number of para-hydroxylation sites is 1. The van der Waals surface area contributed by atoms with Gasteiger partial charge in [-0.3, -0.25) is 0 Å². The van der Waals surface area contributed by atoms with E-state index in [0.29, 0.717) is 5.95 Å². The van der Waals surface area contributed by atoms with Crippen LogP contribution in [0.4, 0.5) is 11.6 Å². The monoisotopic (exact) mass is 385 g/mol. The molecule has 2 aromatic carbocycles.